The Morgan fingerprint density at radius 3 is 2.52 bits per heavy atom. The largest absolute Gasteiger partial charge is 0.352 e. The highest BCUT2D eigenvalue weighted by Gasteiger charge is 2.69. The third-order valence-corrected chi connectivity index (χ3v) is 7.21. The molecule has 162 valence electrons. The van der Waals surface area contributed by atoms with Crippen molar-refractivity contribution >= 4 is 34.9 Å². The number of carbonyl (C=O) groups is 3. The molecule has 1 saturated heterocycles. The lowest BCUT2D eigenvalue weighted by Crippen LogP contribution is -2.51. The summed E-state index contributed by atoms with van der Waals surface area (Å²) < 4.78 is 0. The molecule has 6 rings (SSSR count). The molecule has 0 saturated carbocycles. The van der Waals surface area contributed by atoms with Crippen LogP contribution in [-0.4, -0.2) is 34.5 Å². The van der Waals surface area contributed by atoms with Crippen molar-refractivity contribution in [1.29, 1.82) is 0 Å². The highest BCUT2D eigenvalue weighted by Crippen LogP contribution is 2.57. The monoisotopic (exact) mass is 435 g/mol. The molecule has 0 aliphatic carbocycles. The maximum absolute atomic E-state index is 14.1. The Balaban J connectivity index is 1.67. The Hall–Kier alpha value is -4.06. The number of pyridine rings is 1. The molecule has 2 aromatic carbocycles. The van der Waals surface area contributed by atoms with E-state index in [-0.39, 0.29) is 17.5 Å². The van der Waals surface area contributed by atoms with E-state index in [1.54, 1.807) is 24.5 Å². The lowest BCUT2D eigenvalue weighted by atomic mass is 9.64. The number of ketones is 2. The number of aromatic nitrogens is 1. The third-order valence-electron chi connectivity index (χ3n) is 7.21. The highest BCUT2D eigenvalue weighted by atomic mass is 16.2. The molecule has 33 heavy (non-hydrogen) atoms. The lowest BCUT2D eigenvalue weighted by molar-refractivity contribution is -0.122. The fourth-order valence-corrected chi connectivity index (χ4v) is 5.97. The van der Waals surface area contributed by atoms with E-state index in [0.29, 0.717) is 11.3 Å². The lowest BCUT2D eigenvalue weighted by Gasteiger charge is -2.37. The second-order valence-corrected chi connectivity index (χ2v) is 8.77. The molecule has 3 aromatic rings. The molecule has 6 heteroatoms. The minimum absolute atomic E-state index is 0.147. The van der Waals surface area contributed by atoms with Crippen LogP contribution in [0.15, 0.2) is 79.1 Å². The van der Waals surface area contributed by atoms with E-state index >= 15 is 0 Å². The number of rotatable bonds is 3. The summed E-state index contributed by atoms with van der Waals surface area (Å²) in [6, 6.07) is 17.3. The Morgan fingerprint density at radius 1 is 1.00 bits per heavy atom. The molecule has 1 amide bonds. The summed E-state index contributed by atoms with van der Waals surface area (Å²) in [6.07, 6.45) is 7.08. The molecule has 1 spiro atoms. The molecule has 0 bridgehead atoms. The smallest absolute Gasteiger partial charge is 0.238 e. The minimum atomic E-state index is -1.24. The van der Waals surface area contributed by atoms with Crippen LogP contribution in [0.3, 0.4) is 0 Å². The van der Waals surface area contributed by atoms with Crippen molar-refractivity contribution in [3.63, 3.8) is 0 Å². The van der Waals surface area contributed by atoms with Crippen LogP contribution in [0.4, 0.5) is 11.4 Å². The topological polar surface area (TPSA) is 79.4 Å². The summed E-state index contributed by atoms with van der Waals surface area (Å²) in [5.74, 6) is -1.53. The number of para-hydroxylation sites is 2. The van der Waals surface area contributed by atoms with E-state index in [2.05, 4.69) is 10.3 Å². The number of hydrogen-bond acceptors (Lipinski definition) is 5. The van der Waals surface area contributed by atoms with Gasteiger partial charge in [0.15, 0.2) is 11.6 Å². The zero-order valence-corrected chi connectivity index (χ0v) is 17.9. The Bertz CT molecular complexity index is 1350. The molecular formula is C27H21N3O3. The standard InChI is InChI=1S/C27H21N3O3/c1-16(31)24-23(25(32)18-12-14-28-15-13-18)27(19-7-3-4-8-20(19)29-26(27)33)22-11-10-17-6-2-5-9-21(17)30(22)24/h2-15,22-24H,1H3,(H,29,33)/t22-,23-,24+,27+/m1/s1. The molecule has 3 aliphatic rings. The van der Waals surface area contributed by atoms with Crippen LogP contribution >= 0.6 is 0 Å². The SMILES string of the molecule is CC(=O)[C@H]1[C@H](C(=O)c2ccncc2)[C@@]2(C(=O)Nc3ccccc32)[C@H]2C=Cc3ccccc3N12. The van der Waals surface area contributed by atoms with Crippen molar-refractivity contribution < 1.29 is 14.4 Å². The first-order valence-corrected chi connectivity index (χ1v) is 11.0. The van der Waals surface area contributed by atoms with Crippen molar-refractivity contribution in [2.75, 3.05) is 10.2 Å². The molecule has 4 heterocycles. The Kier molecular flexibility index (Phi) is 4.14. The number of carbonyl (C=O) groups excluding carboxylic acids is 3. The van der Waals surface area contributed by atoms with E-state index in [1.807, 2.05) is 65.6 Å². The molecule has 1 fully saturated rings. The summed E-state index contributed by atoms with van der Waals surface area (Å²) in [6.45, 7) is 1.51. The van der Waals surface area contributed by atoms with E-state index < -0.39 is 23.4 Å². The predicted octanol–water partition coefficient (Wildman–Crippen LogP) is 3.64. The van der Waals surface area contributed by atoms with Gasteiger partial charge in [0.05, 0.1) is 18.0 Å². The Morgan fingerprint density at radius 2 is 1.73 bits per heavy atom. The number of nitrogens with one attached hydrogen (secondary N) is 1. The van der Waals surface area contributed by atoms with Crippen molar-refractivity contribution in [2.24, 2.45) is 5.92 Å². The number of nitrogens with zero attached hydrogens (tertiary/aromatic N) is 2. The maximum atomic E-state index is 14.1. The second kappa shape index (κ2) is 6.97. The van der Waals surface area contributed by atoms with Crippen molar-refractivity contribution in [3.8, 4) is 0 Å². The predicted molar refractivity (Wildman–Crippen MR) is 125 cm³/mol. The Labute approximate surface area is 191 Å². The quantitative estimate of drug-likeness (QED) is 0.636. The van der Waals surface area contributed by atoms with Crippen LogP contribution in [0.5, 0.6) is 0 Å². The molecule has 0 radical (unpaired) electrons. The molecule has 1 aromatic heterocycles. The summed E-state index contributed by atoms with van der Waals surface area (Å²) in [4.78, 5) is 47.3. The van der Waals surface area contributed by atoms with E-state index in [1.165, 1.54) is 6.92 Å². The van der Waals surface area contributed by atoms with Crippen LogP contribution < -0.4 is 10.2 Å². The maximum Gasteiger partial charge on any atom is 0.238 e. The molecular weight excluding hydrogens is 414 g/mol. The summed E-state index contributed by atoms with van der Waals surface area (Å²) in [5, 5.41) is 3.01. The van der Waals surface area contributed by atoms with E-state index in [9.17, 15) is 14.4 Å². The molecule has 6 nitrogen and oxygen atoms in total. The van der Waals surface area contributed by atoms with Crippen LogP contribution in [0, 0.1) is 5.92 Å². The van der Waals surface area contributed by atoms with Crippen molar-refractivity contribution in [3.05, 3.63) is 95.8 Å². The van der Waals surface area contributed by atoms with E-state index in [4.69, 9.17) is 0 Å². The number of Topliss-reactive ketones (excluding diaryl/α,β-unsaturated/α-hetero) is 2. The highest BCUT2D eigenvalue weighted by molar-refractivity contribution is 6.16. The van der Waals surface area contributed by atoms with Crippen LogP contribution in [0.25, 0.3) is 6.08 Å². The first-order chi connectivity index (χ1) is 16.0. The van der Waals surface area contributed by atoms with Gasteiger partial charge in [0, 0.05) is 29.3 Å². The summed E-state index contributed by atoms with van der Waals surface area (Å²) in [7, 11) is 0. The average molecular weight is 435 g/mol. The van der Waals surface area contributed by atoms with Crippen molar-refractivity contribution in [1.82, 2.24) is 4.98 Å². The van der Waals surface area contributed by atoms with E-state index in [0.717, 1.165) is 16.8 Å². The van der Waals surface area contributed by atoms with Gasteiger partial charge in [-0.15, -0.1) is 0 Å². The second-order valence-electron chi connectivity index (χ2n) is 8.77. The van der Waals surface area contributed by atoms with Gasteiger partial charge >= 0.3 is 0 Å². The zero-order chi connectivity index (χ0) is 22.7. The van der Waals surface area contributed by atoms with Gasteiger partial charge in [-0.2, -0.15) is 0 Å². The molecule has 3 aliphatic heterocycles. The normalized spacial score (nSPS) is 26.5. The molecule has 0 unspecified atom stereocenters. The van der Waals surface area contributed by atoms with Crippen LogP contribution in [0.2, 0.25) is 0 Å². The van der Waals surface area contributed by atoms with Gasteiger partial charge in [-0.3, -0.25) is 19.4 Å². The minimum Gasteiger partial charge on any atom is -0.352 e. The number of amides is 1. The third kappa shape index (κ3) is 2.49. The fraction of sp³-hybridized carbons (Fsp3) is 0.185. The van der Waals surface area contributed by atoms with Gasteiger partial charge in [0.25, 0.3) is 0 Å². The number of hydrogen-bond donors (Lipinski definition) is 1. The van der Waals surface area contributed by atoms with Crippen LogP contribution in [0.1, 0.15) is 28.4 Å². The van der Waals surface area contributed by atoms with Gasteiger partial charge in [-0.25, -0.2) is 0 Å². The number of fused-ring (bicyclic) bond motifs is 6. The van der Waals surface area contributed by atoms with Gasteiger partial charge in [-0.1, -0.05) is 48.6 Å². The first kappa shape index (κ1) is 19.6. The molecule has 1 N–H and O–H groups in total. The van der Waals surface area contributed by atoms with Crippen LogP contribution in [-0.2, 0) is 15.0 Å². The summed E-state index contributed by atoms with van der Waals surface area (Å²) >= 11 is 0. The fourth-order valence-electron chi connectivity index (χ4n) is 5.97. The van der Waals surface area contributed by atoms with Gasteiger partial charge in [0.1, 0.15) is 5.41 Å². The van der Waals surface area contributed by atoms with Gasteiger partial charge in [-0.05, 0) is 42.3 Å². The number of benzene rings is 2. The summed E-state index contributed by atoms with van der Waals surface area (Å²) in [5.41, 5.74) is 2.45. The first-order valence-electron chi connectivity index (χ1n) is 11.0. The number of anilines is 2. The average Bonchev–Trinajstić information content (AvgIpc) is 3.32. The van der Waals surface area contributed by atoms with Crippen molar-refractivity contribution in [2.45, 2.75) is 24.4 Å². The zero-order valence-electron chi connectivity index (χ0n) is 17.9. The van der Waals surface area contributed by atoms with Gasteiger partial charge in [0.2, 0.25) is 5.91 Å². The molecule has 4 atom stereocenters. The van der Waals surface area contributed by atoms with Gasteiger partial charge < -0.3 is 10.2 Å².